The maximum atomic E-state index is 12.7. The maximum absolute atomic E-state index is 12.7. The lowest BCUT2D eigenvalue weighted by atomic mass is 10.2. The third-order valence-electron chi connectivity index (χ3n) is 2.23. The van der Waals surface area contributed by atoms with Gasteiger partial charge in [-0.3, -0.25) is 0 Å². The predicted octanol–water partition coefficient (Wildman–Crippen LogP) is 2.43. The van der Waals surface area contributed by atoms with E-state index in [0.717, 1.165) is 0 Å². The monoisotopic (exact) mass is 267 g/mol. The Balaban J connectivity index is 2.83. The van der Waals surface area contributed by atoms with Crippen LogP contribution in [0.2, 0.25) is 0 Å². The lowest BCUT2D eigenvalue weighted by Crippen LogP contribution is -2.34. The van der Waals surface area contributed by atoms with Gasteiger partial charge in [0.05, 0.1) is 7.11 Å². The van der Waals surface area contributed by atoms with Gasteiger partial charge in [0.25, 0.3) is 0 Å². The van der Waals surface area contributed by atoms with Gasteiger partial charge >= 0.3 is 12.3 Å². The van der Waals surface area contributed by atoms with Crippen molar-refractivity contribution in [3.63, 3.8) is 0 Å². The lowest BCUT2D eigenvalue weighted by Gasteiger charge is -2.17. The zero-order valence-corrected chi connectivity index (χ0v) is 9.63. The molecule has 0 aliphatic carbocycles. The van der Waals surface area contributed by atoms with E-state index in [-0.39, 0.29) is 12.3 Å². The summed E-state index contributed by atoms with van der Waals surface area (Å²) in [6.07, 6.45) is -3.77. The van der Waals surface area contributed by atoms with E-state index in [1.165, 1.54) is 19.2 Å². The van der Waals surface area contributed by atoms with Crippen molar-refractivity contribution in [2.75, 3.05) is 13.7 Å². The molecule has 3 nitrogen and oxygen atoms in total. The Bertz CT molecular complexity index is 399. The smallest absolute Gasteiger partial charge is 0.340 e. The minimum Gasteiger partial charge on any atom is -0.497 e. The van der Waals surface area contributed by atoms with Crippen molar-refractivity contribution in [2.24, 2.45) is 5.73 Å². The van der Waals surface area contributed by atoms with Gasteiger partial charge in [-0.2, -0.15) is 8.78 Å². The number of ether oxygens (including phenoxy) is 2. The summed E-state index contributed by atoms with van der Waals surface area (Å²) >= 11 is 0. The van der Waals surface area contributed by atoms with Gasteiger partial charge in [-0.05, 0) is 6.07 Å². The molecule has 1 rings (SSSR count). The molecular weight excluding hydrogens is 254 g/mol. The number of halogens is 4. The SMILES string of the molecule is COc1ccc(CN)c(OCC(F)(F)C(F)F)c1. The van der Waals surface area contributed by atoms with E-state index in [4.69, 9.17) is 15.2 Å². The molecular formula is C11H13F4NO2. The third-order valence-corrected chi connectivity index (χ3v) is 2.23. The molecule has 0 atom stereocenters. The molecule has 0 radical (unpaired) electrons. The first kappa shape index (κ1) is 14.6. The molecule has 102 valence electrons. The quantitative estimate of drug-likeness (QED) is 0.805. The highest BCUT2D eigenvalue weighted by Crippen LogP contribution is 2.28. The van der Waals surface area contributed by atoms with Crippen molar-refractivity contribution in [1.82, 2.24) is 0 Å². The molecule has 0 amide bonds. The van der Waals surface area contributed by atoms with Crippen LogP contribution in [0.4, 0.5) is 17.6 Å². The molecule has 0 heterocycles. The van der Waals surface area contributed by atoms with Crippen molar-refractivity contribution in [3.05, 3.63) is 23.8 Å². The molecule has 2 N–H and O–H groups in total. The summed E-state index contributed by atoms with van der Waals surface area (Å²) < 4.78 is 58.9. The van der Waals surface area contributed by atoms with Crippen LogP contribution >= 0.6 is 0 Å². The van der Waals surface area contributed by atoms with Crippen molar-refractivity contribution < 1.29 is 27.0 Å². The first-order valence-electron chi connectivity index (χ1n) is 5.06. The summed E-state index contributed by atoms with van der Waals surface area (Å²) in [6, 6.07) is 4.42. The van der Waals surface area contributed by atoms with Crippen LogP contribution in [-0.4, -0.2) is 26.1 Å². The highest BCUT2D eigenvalue weighted by Gasteiger charge is 2.41. The number of benzene rings is 1. The minimum atomic E-state index is -4.20. The molecule has 0 saturated carbocycles. The normalized spacial score (nSPS) is 11.7. The molecule has 0 spiro atoms. The molecule has 0 aromatic heterocycles. The molecule has 0 fully saturated rings. The average molecular weight is 267 g/mol. The van der Waals surface area contributed by atoms with Crippen LogP contribution in [0.5, 0.6) is 11.5 Å². The van der Waals surface area contributed by atoms with Gasteiger partial charge in [0, 0.05) is 18.2 Å². The van der Waals surface area contributed by atoms with Gasteiger partial charge in [-0.1, -0.05) is 6.07 Å². The Morgan fingerprint density at radius 2 is 2.00 bits per heavy atom. The second-order valence-corrected chi connectivity index (χ2v) is 3.53. The maximum Gasteiger partial charge on any atom is 0.340 e. The van der Waals surface area contributed by atoms with Crippen LogP contribution in [0.1, 0.15) is 5.56 Å². The van der Waals surface area contributed by atoms with E-state index >= 15 is 0 Å². The third kappa shape index (κ3) is 3.49. The van der Waals surface area contributed by atoms with Crippen LogP contribution in [0.15, 0.2) is 18.2 Å². The summed E-state index contributed by atoms with van der Waals surface area (Å²) in [4.78, 5) is 0. The zero-order chi connectivity index (χ0) is 13.8. The number of methoxy groups -OCH3 is 1. The lowest BCUT2D eigenvalue weighted by molar-refractivity contribution is -0.148. The van der Waals surface area contributed by atoms with E-state index in [1.807, 2.05) is 0 Å². The van der Waals surface area contributed by atoms with E-state index in [1.54, 1.807) is 6.07 Å². The van der Waals surface area contributed by atoms with E-state index in [2.05, 4.69) is 0 Å². The molecule has 0 aliphatic heterocycles. The molecule has 0 aliphatic rings. The van der Waals surface area contributed by atoms with Crippen LogP contribution < -0.4 is 15.2 Å². The highest BCUT2D eigenvalue weighted by atomic mass is 19.3. The van der Waals surface area contributed by atoms with Gasteiger partial charge in [0.2, 0.25) is 0 Å². The Morgan fingerprint density at radius 3 is 2.50 bits per heavy atom. The second kappa shape index (κ2) is 5.90. The highest BCUT2D eigenvalue weighted by molar-refractivity contribution is 5.40. The topological polar surface area (TPSA) is 44.5 Å². The summed E-state index contributed by atoms with van der Waals surface area (Å²) in [5, 5.41) is 0. The van der Waals surface area contributed by atoms with Crippen molar-refractivity contribution in [2.45, 2.75) is 18.9 Å². The van der Waals surface area contributed by atoms with Crippen LogP contribution in [0.3, 0.4) is 0 Å². The zero-order valence-electron chi connectivity index (χ0n) is 9.63. The molecule has 0 bridgehead atoms. The first-order chi connectivity index (χ1) is 8.40. The molecule has 18 heavy (non-hydrogen) atoms. The number of nitrogens with two attached hydrogens (primary N) is 1. The molecule has 1 aromatic carbocycles. The largest absolute Gasteiger partial charge is 0.497 e. The van der Waals surface area contributed by atoms with Gasteiger partial charge in [-0.15, -0.1) is 0 Å². The summed E-state index contributed by atoms with van der Waals surface area (Å²) in [5.41, 5.74) is 5.82. The van der Waals surface area contributed by atoms with Crippen molar-refractivity contribution in [3.8, 4) is 11.5 Å². The number of rotatable bonds is 6. The van der Waals surface area contributed by atoms with Gasteiger partial charge in [0.15, 0.2) is 6.61 Å². The second-order valence-electron chi connectivity index (χ2n) is 3.53. The Labute approximate surface area is 101 Å². The van der Waals surface area contributed by atoms with Gasteiger partial charge in [0.1, 0.15) is 11.5 Å². The Kier molecular flexibility index (Phi) is 4.77. The molecule has 7 heteroatoms. The Morgan fingerprint density at radius 1 is 1.33 bits per heavy atom. The summed E-state index contributed by atoms with van der Waals surface area (Å²) in [5.74, 6) is -3.82. The first-order valence-corrected chi connectivity index (χ1v) is 5.06. The predicted molar refractivity (Wildman–Crippen MR) is 57.3 cm³/mol. The fourth-order valence-electron chi connectivity index (χ4n) is 1.20. The Hall–Kier alpha value is -1.50. The minimum absolute atomic E-state index is 0.0113. The van der Waals surface area contributed by atoms with Crippen molar-refractivity contribution in [1.29, 1.82) is 0 Å². The molecule has 0 unspecified atom stereocenters. The molecule has 1 aromatic rings. The van der Waals surface area contributed by atoms with Crippen LogP contribution in [0.25, 0.3) is 0 Å². The fraction of sp³-hybridized carbons (Fsp3) is 0.455. The van der Waals surface area contributed by atoms with Crippen LogP contribution in [-0.2, 0) is 6.54 Å². The van der Waals surface area contributed by atoms with E-state index in [9.17, 15) is 17.6 Å². The van der Waals surface area contributed by atoms with Crippen molar-refractivity contribution >= 4 is 0 Å². The van der Waals surface area contributed by atoms with Gasteiger partial charge in [-0.25, -0.2) is 8.78 Å². The number of alkyl halides is 4. The van der Waals surface area contributed by atoms with E-state index in [0.29, 0.717) is 11.3 Å². The van der Waals surface area contributed by atoms with Crippen LogP contribution in [0, 0.1) is 0 Å². The average Bonchev–Trinajstić information content (AvgIpc) is 2.35. The standard InChI is InChI=1S/C11H13F4NO2/c1-17-8-3-2-7(5-16)9(4-8)18-6-11(14,15)10(12)13/h2-4,10H,5-6,16H2,1H3. The van der Waals surface area contributed by atoms with Gasteiger partial charge < -0.3 is 15.2 Å². The fourth-order valence-corrected chi connectivity index (χ4v) is 1.20. The van der Waals surface area contributed by atoms with E-state index < -0.39 is 19.0 Å². The number of hydrogen-bond donors (Lipinski definition) is 1. The molecule has 0 saturated heterocycles. The summed E-state index contributed by atoms with van der Waals surface area (Å²) in [7, 11) is 1.38. The number of hydrogen-bond acceptors (Lipinski definition) is 3. The summed E-state index contributed by atoms with van der Waals surface area (Å²) in [6.45, 7) is -1.37.